The monoisotopic (exact) mass is 352 g/mol. The van der Waals surface area contributed by atoms with E-state index in [2.05, 4.69) is 10.1 Å². The highest BCUT2D eigenvalue weighted by Gasteiger charge is 2.27. The number of fused-ring (bicyclic) bond motifs is 1. The maximum Gasteiger partial charge on any atom is 0.276 e. The van der Waals surface area contributed by atoms with Crippen molar-refractivity contribution >= 4 is 21.8 Å². The van der Waals surface area contributed by atoms with Crippen LogP contribution in [0.1, 0.15) is 24.1 Å². The maximum atomic E-state index is 12.5. The van der Waals surface area contributed by atoms with E-state index < -0.39 is 10.0 Å². The molecule has 0 aromatic carbocycles. The Bertz CT molecular complexity index is 893. The largest absolute Gasteiger partial charge is 0.292 e. The third-order valence-corrected chi connectivity index (χ3v) is 7.09. The average Bonchev–Trinajstić information content (AvgIpc) is 3.26. The van der Waals surface area contributed by atoms with Crippen LogP contribution in [0.5, 0.6) is 0 Å². The highest BCUT2D eigenvalue weighted by Crippen LogP contribution is 2.26. The molecule has 0 radical (unpaired) electrons. The van der Waals surface area contributed by atoms with Crippen LogP contribution in [0.2, 0.25) is 0 Å². The van der Waals surface area contributed by atoms with Crippen molar-refractivity contribution in [3.05, 3.63) is 39.9 Å². The van der Waals surface area contributed by atoms with Gasteiger partial charge >= 0.3 is 0 Å². The Labute approximate surface area is 137 Å². The number of rotatable bonds is 3. The number of pyridine rings is 1. The molecule has 7 nitrogen and oxygen atoms in total. The van der Waals surface area contributed by atoms with Gasteiger partial charge in [0.15, 0.2) is 5.82 Å². The molecule has 0 bridgehead atoms. The molecule has 0 atom stereocenters. The first-order valence-electron chi connectivity index (χ1n) is 7.44. The SMILES string of the molecule is O=c1c2c([nH]n1-c1ccc(S(=O)(=O)N3CCCC3)cn1)CSC2. The molecule has 4 rings (SSSR count). The summed E-state index contributed by atoms with van der Waals surface area (Å²) in [6.07, 6.45) is 3.12. The zero-order chi connectivity index (χ0) is 16.0. The van der Waals surface area contributed by atoms with Crippen molar-refractivity contribution in [3.63, 3.8) is 0 Å². The molecule has 1 fully saturated rings. The lowest BCUT2D eigenvalue weighted by Crippen LogP contribution is -2.28. The topological polar surface area (TPSA) is 88.1 Å². The summed E-state index contributed by atoms with van der Waals surface area (Å²) >= 11 is 1.70. The average molecular weight is 352 g/mol. The molecule has 122 valence electrons. The van der Waals surface area contributed by atoms with Gasteiger partial charge in [-0.1, -0.05) is 0 Å². The van der Waals surface area contributed by atoms with Gasteiger partial charge in [0.1, 0.15) is 4.90 Å². The molecule has 2 aromatic heterocycles. The number of aromatic amines is 1. The molecule has 0 unspecified atom stereocenters. The number of H-pyrrole nitrogens is 1. The zero-order valence-corrected chi connectivity index (χ0v) is 14.0. The number of aromatic nitrogens is 3. The van der Waals surface area contributed by atoms with Gasteiger partial charge in [0.05, 0.1) is 11.3 Å². The minimum Gasteiger partial charge on any atom is -0.292 e. The van der Waals surface area contributed by atoms with Crippen molar-refractivity contribution in [1.82, 2.24) is 19.1 Å². The van der Waals surface area contributed by atoms with Crippen LogP contribution < -0.4 is 5.56 Å². The second-order valence-corrected chi connectivity index (χ2v) is 8.59. The molecule has 2 aromatic rings. The predicted octanol–water partition coefficient (Wildman–Crippen LogP) is 1.09. The molecule has 2 aliphatic rings. The summed E-state index contributed by atoms with van der Waals surface area (Å²) in [5.74, 6) is 1.91. The fraction of sp³-hybridized carbons (Fsp3) is 0.429. The van der Waals surface area contributed by atoms with Crippen LogP contribution in [-0.2, 0) is 21.5 Å². The highest BCUT2D eigenvalue weighted by atomic mass is 32.2. The van der Waals surface area contributed by atoms with Gasteiger partial charge in [-0.15, -0.1) is 0 Å². The number of hydrogen-bond donors (Lipinski definition) is 1. The Hall–Kier alpha value is -1.58. The van der Waals surface area contributed by atoms with Crippen LogP contribution >= 0.6 is 11.8 Å². The normalized spacial score (nSPS) is 18.4. The van der Waals surface area contributed by atoms with Crippen molar-refractivity contribution < 1.29 is 8.42 Å². The summed E-state index contributed by atoms with van der Waals surface area (Å²) in [7, 11) is -3.47. The van der Waals surface area contributed by atoms with E-state index in [9.17, 15) is 13.2 Å². The molecule has 1 N–H and O–H groups in total. The van der Waals surface area contributed by atoms with Crippen molar-refractivity contribution in [2.75, 3.05) is 13.1 Å². The van der Waals surface area contributed by atoms with Gasteiger partial charge in [0.25, 0.3) is 5.56 Å². The van der Waals surface area contributed by atoms with Gasteiger partial charge in [0.2, 0.25) is 10.0 Å². The van der Waals surface area contributed by atoms with Gasteiger partial charge in [0, 0.05) is 30.8 Å². The first kappa shape index (κ1) is 15.0. The van der Waals surface area contributed by atoms with Gasteiger partial charge in [-0.3, -0.25) is 9.89 Å². The highest BCUT2D eigenvalue weighted by molar-refractivity contribution is 7.98. The lowest BCUT2D eigenvalue weighted by atomic mass is 10.3. The zero-order valence-electron chi connectivity index (χ0n) is 12.4. The van der Waals surface area contributed by atoms with Gasteiger partial charge in [-0.05, 0) is 25.0 Å². The van der Waals surface area contributed by atoms with Crippen LogP contribution in [0.3, 0.4) is 0 Å². The van der Waals surface area contributed by atoms with Crippen molar-refractivity contribution in [1.29, 1.82) is 0 Å². The van der Waals surface area contributed by atoms with Gasteiger partial charge < -0.3 is 0 Å². The van der Waals surface area contributed by atoms with Crippen LogP contribution in [0.4, 0.5) is 0 Å². The molecule has 0 amide bonds. The van der Waals surface area contributed by atoms with E-state index in [0.717, 1.165) is 29.9 Å². The molecule has 9 heteroatoms. The molecule has 23 heavy (non-hydrogen) atoms. The second-order valence-electron chi connectivity index (χ2n) is 5.67. The van der Waals surface area contributed by atoms with E-state index in [1.165, 1.54) is 21.3 Å². The summed E-state index contributed by atoms with van der Waals surface area (Å²) in [4.78, 5) is 16.7. The van der Waals surface area contributed by atoms with Crippen molar-refractivity contribution in [2.24, 2.45) is 0 Å². The van der Waals surface area contributed by atoms with E-state index in [-0.39, 0.29) is 10.5 Å². The number of nitrogens with one attached hydrogen (secondary N) is 1. The van der Waals surface area contributed by atoms with Crippen LogP contribution in [0, 0.1) is 0 Å². The lowest BCUT2D eigenvalue weighted by molar-refractivity contribution is 0.477. The summed E-state index contributed by atoms with van der Waals surface area (Å²) < 4.78 is 27.8. The lowest BCUT2D eigenvalue weighted by Gasteiger charge is -2.15. The number of hydrogen-bond acceptors (Lipinski definition) is 5. The molecule has 0 saturated carbocycles. The Balaban J connectivity index is 1.67. The minimum atomic E-state index is -3.47. The van der Waals surface area contributed by atoms with E-state index in [1.807, 2.05) is 0 Å². The van der Waals surface area contributed by atoms with E-state index in [0.29, 0.717) is 24.7 Å². The maximum absolute atomic E-state index is 12.5. The Kier molecular flexibility index (Phi) is 3.58. The molecule has 0 spiro atoms. The quantitative estimate of drug-likeness (QED) is 0.893. The van der Waals surface area contributed by atoms with Crippen molar-refractivity contribution in [2.45, 2.75) is 29.2 Å². The Morgan fingerprint density at radius 3 is 2.61 bits per heavy atom. The van der Waals surface area contributed by atoms with Crippen molar-refractivity contribution in [3.8, 4) is 5.82 Å². The first-order valence-corrected chi connectivity index (χ1v) is 10.0. The number of thioether (sulfide) groups is 1. The minimum absolute atomic E-state index is 0.104. The smallest absolute Gasteiger partial charge is 0.276 e. The molecule has 1 saturated heterocycles. The molecular formula is C14H16N4O3S2. The summed E-state index contributed by atoms with van der Waals surface area (Å²) in [6.45, 7) is 1.12. The molecule has 2 aliphatic heterocycles. The number of nitrogens with zero attached hydrogens (tertiary/aromatic N) is 3. The van der Waals surface area contributed by atoms with Crippen LogP contribution in [0.15, 0.2) is 28.0 Å². The van der Waals surface area contributed by atoms with E-state index in [1.54, 1.807) is 17.8 Å². The Morgan fingerprint density at radius 1 is 1.17 bits per heavy atom. The summed E-state index contributed by atoms with van der Waals surface area (Å²) in [5.41, 5.74) is 1.61. The standard InChI is InChI=1S/C14H16N4O3S2/c19-14-11-8-22-9-12(11)16-18(14)13-4-3-10(7-15-13)23(20,21)17-5-1-2-6-17/h3-4,7,16H,1-2,5-6,8-9H2. The molecular weight excluding hydrogens is 336 g/mol. The van der Waals surface area contributed by atoms with E-state index >= 15 is 0 Å². The van der Waals surface area contributed by atoms with Crippen LogP contribution in [0.25, 0.3) is 5.82 Å². The predicted molar refractivity (Wildman–Crippen MR) is 87.2 cm³/mol. The summed E-state index contributed by atoms with van der Waals surface area (Å²) in [5, 5.41) is 3.05. The van der Waals surface area contributed by atoms with Crippen LogP contribution in [-0.4, -0.2) is 40.6 Å². The second kappa shape index (κ2) is 5.50. The van der Waals surface area contributed by atoms with E-state index in [4.69, 9.17) is 0 Å². The first-order chi connectivity index (χ1) is 11.1. The summed E-state index contributed by atoms with van der Waals surface area (Å²) in [6, 6.07) is 3.09. The third kappa shape index (κ3) is 2.43. The molecule has 0 aliphatic carbocycles. The number of sulfonamides is 1. The fourth-order valence-corrected chi connectivity index (χ4v) is 5.45. The van der Waals surface area contributed by atoms with Gasteiger partial charge in [-0.25, -0.2) is 18.1 Å². The third-order valence-electron chi connectivity index (χ3n) is 4.22. The molecule has 4 heterocycles. The Morgan fingerprint density at radius 2 is 1.96 bits per heavy atom. The van der Waals surface area contributed by atoms with Gasteiger partial charge in [-0.2, -0.15) is 16.1 Å². The fourth-order valence-electron chi connectivity index (χ4n) is 2.94.